The minimum absolute atomic E-state index is 0.145. The van der Waals surface area contributed by atoms with Gasteiger partial charge in [-0.2, -0.15) is 0 Å². The molecular formula is C47H61FO7. The first kappa shape index (κ1) is 43.5. The Morgan fingerprint density at radius 3 is 2.04 bits per heavy atom. The Hall–Kier alpha value is -4.27. The van der Waals surface area contributed by atoms with Crippen molar-refractivity contribution >= 4 is 11.9 Å². The topological polar surface area (TPSA) is 102 Å². The van der Waals surface area contributed by atoms with Gasteiger partial charge in [0, 0.05) is 16.7 Å². The standard InChI is InChI=1S/C47H61FO7/c1-7-9-10-12-34-14-16-36(17-15-34)37-18-20-38(21-19-37)39-22-23-41(43(48)26-39)42-25-40(13-11-24-53-45(51)32(3)4)44(27-35(42)8-2)54-30-47(28-49,29-50)31-55-46(52)33(5)6/h18-23,25-27,34,36,49-50H,3,5,7-17,24,28-31H2,1-2,4,6H3. The molecule has 0 bridgehead atoms. The number of aliphatic hydroxyl groups is 2. The van der Waals surface area contributed by atoms with Gasteiger partial charge in [-0.3, -0.25) is 0 Å². The number of carbonyl (C=O) groups is 2. The lowest BCUT2D eigenvalue weighted by Gasteiger charge is -2.30. The van der Waals surface area contributed by atoms with Crippen LogP contribution in [0.4, 0.5) is 4.39 Å². The maximum atomic E-state index is 16.2. The van der Waals surface area contributed by atoms with E-state index >= 15 is 4.39 Å². The summed E-state index contributed by atoms with van der Waals surface area (Å²) in [7, 11) is 0. The Morgan fingerprint density at radius 2 is 1.44 bits per heavy atom. The zero-order valence-corrected chi connectivity index (χ0v) is 33.4. The summed E-state index contributed by atoms with van der Waals surface area (Å²) in [6, 6.07) is 17.8. The molecule has 0 heterocycles. The summed E-state index contributed by atoms with van der Waals surface area (Å²) in [5.74, 6) is 0.480. The van der Waals surface area contributed by atoms with Gasteiger partial charge in [0.25, 0.3) is 0 Å². The van der Waals surface area contributed by atoms with Gasteiger partial charge in [-0.05, 0) is 122 Å². The molecule has 4 rings (SSSR count). The molecule has 0 unspecified atom stereocenters. The van der Waals surface area contributed by atoms with Crippen molar-refractivity contribution in [3.8, 4) is 28.0 Å². The van der Waals surface area contributed by atoms with Gasteiger partial charge in [0.05, 0.1) is 25.2 Å². The molecule has 0 radical (unpaired) electrons. The summed E-state index contributed by atoms with van der Waals surface area (Å²) < 4.78 is 33.0. The first-order chi connectivity index (χ1) is 26.4. The Morgan fingerprint density at radius 1 is 0.782 bits per heavy atom. The number of halogens is 1. The highest BCUT2D eigenvalue weighted by Crippen LogP contribution is 2.39. The first-order valence-corrected chi connectivity index (χ1v) is 20.0. The Kier molecular flexibility index (Phi) is 16.7. The Bertz CT molecular complexity index is 1750. The monoisotopic (exact) mass is 756 g/mol. The molecule has 0 saturated heterocycles. The zero-order valence-electron chi connectivity index (χ0n) is 33.4. The number of hydrogen-bond donors (Lipinski definition) is 2. The van der Waals surface area contributed by atoms with Gasteiger partial charge in [-0.15, -0.1) is 0 Å². The molecule has 3 aromatic carbocycles. The fourth-order valence-electron chi connectivity index (χ4n) is 7.27. The van der Waals surface area contributed by atoms with Crippen LogP contribution in [0.1, 0.15) is 108 Å². The molecule has 0 atom stereocenters. The number of rotatable bonds is 21. The maximum Gasteiger partial charge on any atom is 0.333 e. The molecule has 8 heteroatoms. The van der Waals surface area contributed by atoms with Crippen molar-refractivity contribution < 1.29 is 38.4 Å². The summed E-state index contributed by atoms with van der Waals surface area (Å²) in [5.41, 5.74) is 5.13. The third kappa shape index (κ3) is 12.1. The number of aryl methyl sites for hydroxylation is 2. The largest absolute Gasteiger partial charge is 0.492 e. The Balaban J connectivity index is 1.56. The van der Waals surface area contributed by atoms with Crippen LogP contribution in [0, 0.1) is 17.2 Å². The van der Waals surface area contributed by atoms with E-state index in [-0.39, 0.29) is 31.2 Å². The number of benzene rings is 3. The van der Waals surface area contributed by atoms with Crippen LogP contribution < -0.4 is 4.74 Å². The lowest BCUT2D eigenvalue weighted by molar-refractivity contribution is -0.146. The molecule has 0 aliphatic heterocycles. The van der Waals surface area contributed by atoms with E-state index in [1.54, 1.807) is 13.0 Å². The number of aliphatic hydroxyl groups excluding tert-OH is 2. The first-order valence-electron chi connectivity index (χ1n) is 20.0. The van der Waals surface area contributed by atoms with Gasteiger partial charge < -0.3 is 24.4 Å². The van der Waals surface area contributed by atoms with Crippen LogP contribution in [0.5, 0.6) is 5.75 Å². The highest BCUT2D eigenvalue weighted by Gasteiger charge is 2.33. The lowest BCUT2D eigenvalue weighted by atomic mass is 9.77. The summed E-state index contributed by atoms with van der Waals surface area (Å²) in [6.45, 7) is 13.3. The lowest BCUT2D eigenvalue weighted by Crippen LogP contribution is -2.41. The van der Waals surface area contributed by atoms with E-state index in [9.17, 15) is 19.8 Å². The van der Waals surface area contributed by atoms with Crippen LogP contribution in [-0.4, -0.2) is 55.2 Å². The highest BCUT2D eigenvalue weighted by atomic mass is 19.1. The van der Waals surface area contributed by atoms with E-state index in [0.717, 1.165) is 33.7 Å². The summed E-state index contributed by atoms with van der Waals surface area (Å²) in [5, 5.41) is 20.5. The van der Waals surface area contributed by atoms with Crippen molar-refractivity contribution in [1.29, 1.82) is 0 Å². The molecule has 298 valence electrons. The predicted molar refractivity (Wildman–Crippen MR) is 217 cm³/mol. The highest BCUT2D eigenvalue weighted by molar-refractivity contribution is 5.87. The van der Waals surface area contributed by atoms with Gasteiger partial charge in [-0.1, -0.05) is 89.1 Å². The summed E-state index contributed by atoms with van der Waals surface area (Å²) in [4.78, 5) is 24.1. The van der Waals surface area contributed by atoms with Gasteiger partial charge in [0.1, 0.15) is 24.8 Å². The zero-order chi connectivity index (χ0) is 40.0. The molecule has 3 aromatic rings. The normalized spacial score (nSPS) is 15.7. The van der Waals surface area contributed by atoms with Crippen molar-refractivity contribution in [2.24, 2.45) is 11.3 Å². The van der Waals surface area contributed by atoms with Gasteiger partial charge in [0.15, 0.2) is 0 Å². The van der Waals surface area contributed by atoms with Crippen molar-refractivity contribution in [3.63, 3.8) is 0 Å². The van der Waals surface area contributed by atoms with E-state index in [0.29, 0.717) is 42.1 Å². The molecule has 1 fully saturated rings. The smallest absolute Gasteiger partial charge is 0.333 e. The number of carbonyl (C=O) groups excluding carboxylic acids is 2. The van der Waals surface area contributed by atoms with E-state index in [2.05, 4.69) is 44.3 Å². The molecule has 0 aromatic heterocycles. The third-order valence-corrected chi connectivity index (χ3v) is 10.9. The van der Waals surface area contributed by atoms with Crippen molar-refractivity contribution in [1.82, 2.24) is 0 Å². The predicted octanol–water partition coefficient (Wildman–Crippen LogP) is 10.1. The minimum atomic E-state index is -1.28. The molecule has 7 nitrogen and oxygen atoms in total. The number of hydrogen-bond acceptors (Lipinski definition) is 7. The van der Waals surface area contributed by atoms with E-state index in [1.807, 2.05) is 31.2 Å². The van der Waals surface area contributed by atoms with Crippen LogP contribution in [0.2, 0.25) is 0 Å². The fraction of sp³-hybridized carbons (Fsp3) is 0.489. The van der Waals surface area contributed by atoms with E-state index < -0.39 is 30.6 Å². The van der Waals surface area contributed by atoms with Crippen molar-refractivity contribution in [2.75, 3.05) is 33.0 Å². The molecule has 1 aliphatic rings. The van der Waals surface area contributed by atoms with Crippen LogP contribution in [0.15, 0.2) is 78.9 Å². The maximum absolute atomic E-state index is 16.2. The van der Waals surface area contributed by atoms with Crippen LogP contribution in [0.25, 0.3) is 22.3 Å². The van der Waals surface area contributed by atoms with E-state index in [4.69, 9.17) is 14.2 Å². The quantitative estimate of drug-likeness (QED) is 0.0634. The van der Waals surface area contributed by atoms with Crippen molar-refractivity contribution in [3.05, 3.63) is 101 Å². The average molecular weight is 757 g/mol. The van der Waals surface area contributed by atoms with Gasteiger partial charge >= 0.3 is 11.9 Å². The van der Waals surface area contributed by atoms with Gasteiger partial charge in [0.2, 0.25) is 0 Å². The van der Waals surface area contributed by atoms with Crippen LogP contribution >= 0.6 is 0 Å². The SMILES string of the molecule is C=C(C)C(=O)OCCCc1cc(-c2ccc(-c3ccc(C4CCC(CCCCC)CC4)cc3)cc2F)c(CC)cc1OCC(CO)(CO)COC(=O)C(=C)C. The van der Waals surface area contributed by atoms with Crippen LogP contribution in [0.3, 0.4) is 0 Å². The molecular weight excluding hydrogens is 696 g/mol. The molecule has 0 amide bonds. The Labute approximate surface area is 327 Å². The molecule has 0 spiro atoms. The average Bonchev–Trinajstić information content (AvgIpc) is 3.20. The van der Waals surface area contributed by atoms with Crippen LogP contribution in [-0.2, 0) is 31.9 Å². The molecule has 1 aliphatic carbocycles. The molecule has 55 heavy (non-hydrogen) atoms. The third-order valence-electron chi connectivity index (χ3n) is 10.9. The number of unbranched alkanes of at least 4 members (excludes halogenated alkanes) is 2. The summed E-state index contributed by atoms with van der Waals surface area (Å²) in [6.07, 6.45) is 11.9. The van der Waals surface area contributed by atoms with E-state index in [1.165, 1.54) is 63.9 Å². The van der Waals surface area contributed by atoms with Gasteiger partial charge in [-0.25, -0.2) is 14.0 Å². The minimum Gasteiger partial charge on any atom is -0.492 e. The van der Waals surface area contributed by atoms with Crippen molar-refractivity contribution in [2.45, 2.75) is 104 Å². The summed E-state index contributed by atoms with van der Waals surface area (Å²) >= 11 is 0. The second-order valence-electron chi connectivity index (χ2n) is 15.5. The molecule has 2 N–H and O–H groups in total. The molecule has 1 saturated carbocycles. The second-order valence-corrected chi connectivity index (χ2v) is 15.5. The fourth-order valence-corrected chi connectivity index (χ4v) is 7.27. The number of ether oxygens (including phenoxy) is 3. The second kappa shape index (κ2) is 21.1. The number of esters is 2.